The molecule has 2 aromatic rings. The average molecular weight is 280 g/mol. The van der Waals surface area contributed by atoms with Gasteiger partial charge < -0.3 is 11.1 Å². The lowest BCUT2D eigenvalue weighted by molar-refractivity contribution is -0.118. The van der Waals surface area contributed by atoms with E-state index in [1.807, 2.05) is 42.5 Å². The molecule has 106 valence electrons. The van der Waals surface area contributed by atoms with Crippen LogP contribution in [0.3, 0.4) is 0 Å². The van der Waals surface area contributed by atoms with Gasteiger partial charge in [-0.2, -0.15) is 0 Å². The molecule has 0 fully saturated rings. The summed E-state index contributed by atoms with van der Waals surface area (Å²) < 4.78 is 0. The van der Waals surface area contributed by atoms with Gasteiger partial charge in [0.25, 0.3) is 0 Å². The van der Waals surface area contributed by atoms with Crippen molar-refractivity contribution in [1.82, 2.24) is 9.97 Å². The van der Waals surface area contributed by atoms with Crippen LogP contribution in [0.15, 0.2) is 54.9 Å². The average Bonchev–Trinajstić information content (AvgIpc) is 2.96. The van der Waals surface area contributed by atoms with Crippen molar-refractivity contribution < 1.29 is 4.79 Å². The van der Waals surface area contributed by atoms with Gasteiger partial charge >= 0.3 is 0 Å². The second kappa shape index (κ2) is 5.85. The van der Waals surface area contributed by atoms with Gasteiger partial charge in [-0.25, -0.2) is 9.97 Å². The van der Waals surface area contributed by atoms with Gasteiger partial charge in [0.1, 0.15) is 0 Å². The first-order chi connectivity index (χ1) is 10.2. The summed E-state index contributed by atoms with van der Waals surface area (Å²) in [6, 6.07) is 9.67. The maximum atomic E-state index is 12.0. The van der Waals surface area contributed by atoms with Crippen LogP contribution < -0.4 is 11.1 Å². The zero-order valence-electron chi connectivity index (χ0n) is 11.4. The quantitative estimate of drug-likeness (QED) is 0.842. The van der Waals surface area contributed by atoms with Gasteiger partial charge in [0.05, 0.1) is 24.0 Å². The largest absolute Gasteiger partial charge is 0.324 e. The summed E-state index contributed by atoms with van der Waals surface area (Å²) >= 11 is 0. The molecule has 1 aliphatic rings. The summed E-state index contributed by atoms with van der Waals surface area (Å²) in [7, 11) is 0. The lowest BCUT2D eigenvalue weighted by Crippen LogP contribution is -2.24. The van der Waals surface area contributed by atoms with Crippen LogP contribution in [0.4, 0.5) is 5.69 Å². The van der Waals surface area contributed by atoms with Crippen LogP contribution in [0.1, 0.15) is 6.42 Å². The topological polar surface area (TPSA) is 80.9 Å². The lowest BCUT2D eigenvalue weighted by Gasteiger charge is -2.10. The standard InChI is InChI=1S/C16H16N4O/c17-13-7-6-12(8-13)16(21)20-14-9-18-15(19-10-14)11-4-2-1-3-5-11/h1-7,9-10,12-13H,8,17H2,(H,20,21). The highest BCUT2D eigenvalue weighted by Gasteiger charge is 2.22. The third-order valence-corrected chi connectivity index (χ3v) is 3.40. The molecule has 2 unspecified atom stereocenters. The van der Waals surface area contributed by atoms with Gasteiger partial charge in [-0.05, 0) is 6.42 Å². The van der Waals surface area contributed by atoms with E-state index in [0.29, 0.717) is 17.9 Å². The molecule has 21 heavy (non-hydrogen) atoms. The van der Waals surface area contributed by atoms with E-state index in [-0.39, 0.29) is 17.9 Å². The molecule has 1 heterocycles. The Balaban J connectivity index is 1.68. The van der Waals surface area contributed by atoms with Crippen LogP contribution >= 0.6 is 0 Å². The van der Waals surface area contributed by atoms with E-state index >= 15 is 0 Å². The molecular formula is C16H16N4O. The van der Waals surface area contributed by atoms with Gasteiger partial charge in [0, 0.05) is 11.6 Å². The second-order valence-electron chi connectivity index (χ2n) is 5.04. The molecule has 5 heteroatoms. The minimum absolute atomic E-state index is 0.0301. The highest BCUT2D eigenvalue weighted by atomic mass is 16.1. The minimum Gasteiger partial charge on any atom is -0.324 e. The van der Waals surface area contributed by atoms with E-state index in [2.05, 4.69) is 15.3 Å². The number of amides is 1. The number of carbonyl (C=O) groups is 1. The molecule has 1 amide bonds. The molecule has 2 atom stereocenters. The minimum atomic E-state index is -0.172. The van der Waals surface area contributed by atoms with Crippen LogP contribution in [-0.2, 0) is 4.79 Å². The Morgan fingerprint density at radius 2 is 1.86 bits per heavy atom. The molecule has 3 rings (SSSR count). The maximum Gasteiger partial charge on any atom is 0.231 e. The summed E-state index contributed by atoms with van der Waals surface area (Å²) in [5, 5.41) is 2.81. The van der Waals surface area contributed by atoms with Crippen LogP contribution in [0.25, 0.3) is 11.4 Å². The molecule has 1 aromatic carbocycles. The summed E-state index contributed by atoms with van der Waals surface area (Å²) in [4.78, 5) is 20.6. The first-order valence-corrected chi connectivity index (χ1v) is 6.84. The van der Waals surface area contributed by atoms with Crippen molar-refractivity contribution in [2.45, 2.75) is 12.5 Å². The van der Waals surface area contributed by atoms with Crippen molar-refractivity contribution in [2.75, 3.05) is 5.32 Å². The Kier molecular flexibility index (Phi) is 3.75. The molecule has 5 nitrogen and oxygen atoms in total. The fourth-order valence-corrected chi connectivity index (χ4v) is 2.29. The van der Waals surface area contributed by atoms with E-state index in [9.17, 15) is 4.79 Å². The smallest absolute Gasteiger partial charge is 0.231 e. The molecular weight excluding hydrogens is 264 g/mol. The van der Waals surface area contributed by atoms with E-state index < -0.39 is 0 Å². The summed E-state index contributed by atoms with van der Waals surface area (Å²) in [5.41, 5.74) is 7.28. The Labute approximate surface area is 122 Å². The number of nitrogens with one attached hydrogen (secondary N) is 1. The van der Waals surface area contributed by atoms with Gasteiger partial charge in [-0.3, -0.25) is 4.79 Å². The van der Waals surface area contributed by atoms with Crippen LogP contribution in [0.5, 0.6) is 0 Å². The highest BCUT2D eigenvalue weighted by molar-refractivity contribution is 5.93. The van der Waals surface area contributed by atoms with Gasteiger partial charge in [-0.15, -0.1) is 0 Å². The number of nitrogens with zero attached hydrogens (tertiary/aromatic N) is 2. The lowest BCUT2D eigenvalue weighted by atomic mass is 10.1. The zero-order valence-corrected chi connectivity index (χ0v) is 11.4. The van der Waals surface area contributed by atoms with Gasteiger partial charge in [-0.1, -0.05) is 42.5 Å². The Bertz CT molecular complexity index is 652. The first kappa shape index (κ1) is 13.5. The van der Waals surface area contributed by atoms with Crippen molar-refractivity contribution in [3.8, 4) is 11.4 Å². The number of anilines is 1. The molecule has 0 bridgehead atoms. The number of hydrogen-bond acceptors (Lipinski definition) is 4. The molecule has 3 N–H and O–H groups in total. The van der Waals surface area contributed by atoms with Gasteiger partial charge in [0.15, 0.2) is 5.82 Å². The van der Waals surface area contributed by atoms with E-state index in [0.717, 1.165) is 5.56 Å². The molecule has 0 saturated heterocycles. The Morgan fingerprint density at radius 3 is 2.48 bits per heavy atom. The molecule has 1 aliphatic carbocycles. The fourth-order valence-electron chi connectivity index (χ4n) is 2.29. The van der Waals surface area contributed by atoms with E-state index in [1.165, 1.54) is 0 Å². The SMILES string of the molecule is NC1C=CC(C(=O)Nc2cnc(-c3ccccc3)nc2)C1. The summed E-state index contributed by atoms with van der Waals surface area (Å²) in [6.07, 6.45) is 7.59. The number of nitrogens with two attached hydrogens (primary N) is 1. The number of benzene rings is 1. The third-order valence-electron chi connectivity index (χ3n) is 3.40. The summed E-state index contributed by atoms with van der Waals surface area (Å²) in [6.45, 7) is 0. The summed E-state index contributed by atoms with van der Waals surface area (Å²) in [5.74, 6) is 0.389. The number of aromatic nitrogens is 2. The number of hydrogen-bond donors (Lipinski definition) is 2. The van der Waals surface area contributed by atoms with Crippen molar-refractivity contribution >= 4 is 11.6 Å². The molecule has 1 aromatic heterocycles. The first-order valence-electron chi connectivity index (χ1n) is 6.84. The van der Waals surface area contributed by atoms with Crippen LogP contribution in [-0.4, -0.2) is 21.9 Å². The van der Waals surface area contributed by atoms with E-state index in [4.69, 9.17) is 5.73 Å². The third kappa shape index (κ3) is 3.14. The molecule has 0 aliphatic heterocycles. The van der Waals surface area contributed by atoms with Crippen LogP contribution in [0.2, 0.25) is 0 Å². The van der Waals surface area contributed by atoms with Crippen molar-refractivity contribution in [1.29, 1.82) is 0 Å². The fraction of sp³-hybridized carbons (Fsp3) is 0.188. The predicted octanol–water partition coefficient (Wildman–Crippen LogP) is 1.99. The zero-order chi connectivity index (χ0) is 14.7. The van der Waals surface area contributed by atoms with Crippen molar-refractivity contribution in [3.63, 3.8) is 0 Å². The highest BCUT2D eigenvalue weighted by Crippen LogP contribution is 2.19. The maximum absolute atomic E-state index is 12.0. The predicted molar refractivity (Wildman–Crippen MR) is 81.3 cm³/mol. The number of rotatable bonds is 3. The van der Waals surface area contributed by atoms with Crippen LogP contribution in [0, 0.1) is 5.92 Å². The van der Waals surface area contributed by atoms with Crippen molar-refractivity contribution in [3.05, 3.63) is 54.9 Å². The Morgan fingerprint density at radius 1 is 1.14 bits per heavy atom. The van der Waals surface area contributed by atoms with E-state index in [1.54, 1.807) is 12.4 Å². The van der Waals surface area contributed by atoms with Crippen molar-refractivity contribution in [2.24, 2.45) is 11.7 Å². The second-order valence-corrected chi connectivity index (χ2v) is 5.04. The normalized spacial score (nSPS) is 20.4. The molecule has 0 saturated carbocycles. The number of carbonyl (C=O) groups excluding carboxylic acids is 1. The molecule has 0 spiro atoms. The Hall–Kier alpha value is -2.53. The van der Waals surface area contributed by atoms with Gasteiger partial charge in [0.2, 0.25) is 5.91 Å². The molecule has 0 radical (unpaired) electrons. The monoisotopic (exact) mass is 280 g/mol.